The van der Waals surface area contributed by atoms with Crippen LogP contribution in [0.15, 0.2) is 0 Å². The molecule has 0 amide bonds. The Hall–Kier alpha value is -0.0800. The molecule has 0 unspecified atom stereocenters. The van der Waals surface area contributed by atoms with Crippen molar-refractivity contribution >= 4 is 0 Å². The van der Waals surface area contributed by atoms with Gasteiger partial charge in [0, 0.05) is 12.1 Å². The molecule has 0 bridgehead atoms. The maximum absolute atomic E-state index is 3.59. The normalized spacial score (nSPS) is 18.2. The van der Waals surface area contributed by atoms with Crippen LogP contribution in [0.2, 0.25) is 0 Å². The fraction of sp³-hybridized carbons (Fsp3) is 1.00. The monoisotopic (exact) mass is 184 g/mol. The van der Waals surface area contributed by atoms with Crippen LogP contribution in [0.3, 0.4) is 0 Å². The predicted octanol–water partition coefficient (Wildman–Crippen LogP) is 1.86. The highest BCUT2D eigenvalue weighted by Crippen LogP contribution is 2.17. The van der Waals surface area contributed by atoms with Crippen LogP contribution >= 0.6 is 0 Å². The van der Waals surface area contributed by atoms with E-state index >= 15 is 0 Å². The van der Waals surface area contributed by atoms with Gasteiger partial charge in [-0.05, 0) is 53.2 Å². The fourth-order valence-corrected chi connectivity index (χ4v) is 1.51. The summed E-state index contributed by atoms with van der Waals surface area (Å²) < 4.78 is 0. The van der Waals surface area contributed by atoms with E-state index in [9.17, 15) is 0 Å². The average molecular weight is 184 g/mol. The third-order valence-electron chi connectivity index (χ3n) is 3.11. The Labute approximate surface area is 82.7 Å². The van der Waals surface area contributed by atoms with Gasteiger partial charge in [-0.3, -0.25) is 0 Å². The van der Waals surface area contributed by atoms with Crippen molar-refractivity contribution in [2.45, 2.75) is 51.6 Å². The molecule has 0 heterocycles. The van der Waals surface area contributed by atoms with Gasteiger partial charge in [-0.15, -0.1) is 0 Å². The largest absolute Gasteiger partial charge is 0.314 e. The molecule has 1 N–H and O–H groups in total. The first kappa shape index (κ1) is 11.0. The molecule has 0 spiro atoms. The predicted molar refractivity (Wildman–Crippen MR) is 58.0 cm³/mol. The molecule has 0 aromatic carbocycles. The van der Waals surface area contributed by atoms with Crippen LogP contribution < -0.4 is 5.32 Å². The summed E-state index contributed by atoms with van der Waals surface area (Å²) in [6, 6.07) is 1.54. The highest BCUT2D eigenvalue weighted by Gasteiger charge is 2.15. The first-order valence-corrected chi connectivity index (χ1v) is 5.64. The minimum atomic E-state index is 0.684. The van der Waals surface area contributed by atoms with Crippen LogP contribution in [0.5, 0.6) is 0 Å². The minimum absolute atomic E-state index is 0.684. The van der Waals surface area contributed by atoms with Gasteiger partial charge in [0.05, 0.1) is 0 Å². The molecule has 1 saturated carbocycles. The van der Waals surface area contributed by atoms with Gasteiger partial charge in [-0.1, -0.05) is 6.42 Å². The average Bonchev–Trinajstić information content (AvgIpc) is 2.00. The molecule has 1 rings (SSSR count). The summed E-state index contributed by atoms with van der Waals surface area (Å²) in [5.41, 5.74) is 0. The van der Waals surface area contributed by atoms with Crippen LogP contribution in [-0.2, 0) is 0 Å². The molecule has 2 heteroatoms. The number of hydrogen-bond acceptors (Lipinski definition) is 2. The van der Waals surface area contributed by atoms with Crippen molar-refractivity contribution < 1.29 is 0 Å². The second kappa shape index (κ2) is 5.61. The number of nitrogens with zero attached hydrogens (tertiary/aromatic N) is 1. The van der Waals surface area contributed by atoms with Gasteiger partial charge in [0.15, 0.2) is 0 Å². The smallest absolute Gasteiger partial charge is 0.00670 e. The van der Waals surface area contributed by atoms with Crippen molar-refractivity contribution in [1.29, 1.82) is 0 Å². The Morgan fingerprint density at radius 2 is 2.08 bits per heavy atom. The molecule has 1 aliphatic carbocycles. The molecule has 0 aromatic rings. The van der Waals surface area contributed by atoms with Gasteiger partial charge in [-0.2, -0.15) is 0 Å². The molecule has 2 nitrogen and oxygen atoms in total. The van der Waals surface area contributed by atoms with Crippen molar-refractivity contribution in [3.8, 4) is 0 Å². The molecular formula is C11H24N2. The van der Waals surface area contributed by atoms with Gasteiger partial charge in [0.2, 0.25) is 0 Å². The van der Waals surface area contributed by atoms with Crippen molar-refractivity contribution in [1.82, 2.24) is 10.2 Å². The summed E-state index contributed by atoms with van der Waals surface area (Å²) in [5.74, 6) is 0. The Balaban J connectivity index is 1.88. The van der Waals surface area contributed by atoms with Crippen LogP contribution in [0.4, 0.5) is 0 Å². The molecule has 78 valence electrons. The molecule has 13 heavy (non-hydrogen) atoms. The zero-order valence-electron chi connectivity index (χ0n) is 9.34. The molecule has 0 radical (unpaired) electrons. The number of rotatable bonds is 6. The lowest BCUT2D eigenvalue weighted by atomic mass is 9.93. The van der Waals surface area contributed by atoms with E-state index in [1.807, 2.05) is 0 Å². The molecule has 0 aromatic heterocycles. The van der Waals surface area contributed by atoms with Crippen LogP contribution in [0.25, 0.3) is 0 Å². The van der Waals surface area contributed by atoms with Gasteiger partial charge in [0.1, 0.15) is 0 Å². The van der Waals surface area contributed by atoms with E-state index in [1.54, 1.807) is 0 Å². The highest BCUT2D eigenvalue weighted by atomic mass is 15.1. The molecule has 0 saturated heterocycles. The van der Waals surface area contributed by atoms with Gasteiger partial charge >= 0.3 is 0 Å². The molecular weight excluding hydrogens is 160 g/mol. The second-order valence-corrected chi connectivity index (χ2v) is 4.51. The summed E-state index contributed by atoms with van der Waals surface area (Å²) in [6.45, 7) is 6.91. The summed E-state index contributed by atoms with van der Waals surface area (Å²) in [6.07, 6.45) is 5.52. The summed E-state index contributed by atoms with van der Waals surface area (Å²) >= 11 is 0. The van der Waals surface area contributed by atoms with Gasteiger partial charge in [-0.25, -0.2) is 0 Å². The van der Waals surface area contributed by atoms with Crippen molar-refractivity contribution in [2.24, 2.45) is 0 Å². The maximum Gasteiger partial charge on any atom is 0.00670 e. The molecule has 0 atom stereocenters. The van der Waals surface area contributed by atoms with Gasteiger partial charge < -0.3 is 10.2 Å². The molecule has 1 aliphatic rings. The SMILES string of the molecule is CC(C)N(C)CCCNC1CCC1. The van der Waals surface area contributed by atoms with Crippen LogP contribution in [0.1, 0.15) is 39.5 Å². The Kier molecular flexibility index (Phi) is 4.74. The van der Waals surface area contributed by atoms with E-state index in [1.165, 1.54) is 38.8 Å². The lowest BCUT2D eigenvalue weighted by Crippen LogP contribution is -2.37. The Morgan fingerprint density at radius 3 is 2.54 bits per heavy atom. The number of hydrogen-bond donors (Lipinski definition) is 1. The Bertz CT molecular complexity index is 130. The fourth-order valence-electron chi connectivity index (χ4n) is 1.51. The second-order valence-electron chi connectivity index (χ2n) is 4.51. The maximum atomic E-state index is 3.59. The lowest BCUT2D eigenvalue weighted by molar-refractivity contribution is 0.261. The minimum Gasteiger partial charge on any atom is -0.314 e. The van der Waals surface area contributed by atoms with E-state index < -0.39 is 0 Å². The quantitative estimate of drug-likeness (QED) is 0.634. The van der Waals surface area contributed by atoms with Crippen LogP contribution in [0, 0.1) is 0 Å². The third kappa shape index (κ3) is 4.10. The van der Waals surface area contributed by atoms with Crippen LogP contribution in [-0.4, -0.2) is 37.1 Å². The third-order valence-corrected chi connectivity index (χ3v) is 3.11. The first-order valence-electron chi connectivity index (χ1n) is 5.64. The van der Waals surface area contributed by atoms with Crippen molar-refractivity contribution in [3.05, 3.63) is 0 Å². The zero-order valence-corrected chi connectivity index (χ0v) is 9.34. The molecule has 1 fully saturated rings. The number of nitrogens with one attached hydrogen (secondary N) is 1. The molecule has 0 aliphatic heterocycles. The Morgan fingerprint density at radius 1 is 1.38 bits per heavy atom. The van der Waals surface area contributed by atoms with Crippen molar-refractivity contribution in [3.63, 3.8) is 0 Å². The summed E-state index contributed by atoms with van der Waals surface area (Å²) in [5, 5.41) is 3.59. The zero-order chi connectivity index (χ0) is 9.68. The first-order chi connectivity index (χ1) is 6.20. The van der Waals surface area contributed by atoms with E-state index in [0.29, 0.717) is 6.04 Å². The van der Waals surface area contributed by atoms with E-state index in [4.69, 9.17) is 0 Å². The standard InChI is InChI=1S/C11H24N2/c1-10(2)13(3)9-5-8-12-11-6-4-7-11/h10-12H,4-9H2,1-3H3. The van der Waals surface area contributed by atoms with Gasteiger partial charge in [0.25, 0.3) is 0 Å². The summed E-state index contributed by atoms with van der Waals surface area (Å²) in [7, 11) is 2.20. The summed E-state index contributed by atoms with van der Waals surface area (Å²) in [4.78, 5) is 2.41. The van der Waals surface area contributed by atoms with Crippen molar-refractivity contribution in [2.75, 3.05) is 20.1 Å². The van der Waals surface area contributed by atoms with E-state index in [2.05, 4.69) is 31.1 Å². The van der Waals surface area contributed by atoms with E-state index in [-0.39, 0.29) is 0 Å². The van der Waals surface area contributed by atoms with E-state index in [0.717, 1.165) is 6.04 Å². The highest BCUT2D eigenvalue weighted by molar-refractivity contribution is 4.76. The lowest BCUT2D eigenvalue weighted by Gasteiger charge is -2.27. The topological polar surface area (TPSA) is 15.3 Å².